The number of rotatable bonds is 3. The summed E-state index contributed by atoms with van der Waals surface area (Å²) in [6.07, 6.45) is 11.3. The summed E-state index contributed by atoms with van der Waals surface area (Å²) in [4.78, 5) is 11.1. The van der Waals surface area contributed by atoms with Gasteiger partial charge in [0.1, 0.15) is 5.82 Å². The van der Waals surface area contributed by atoms with Crippen molar-refractivity contribution in [2.24, 2.45) is 11.8 Å². The molecule has 0 radical (unpaired) electrons. The van der Waals surface area contributed by atoms with Crippen molar-refractivity contribution in [2.75, 3.05) is 37.3 Å². The molecule has 0 spiro atoms. The van der Waals surface area contributed by atoms with Gasteiger partial charge in [0.25, 0.3) is 0 Å². The van der Waals surface area contributed by atoms with Crippen LogP contribution in [0.25, 0.3) is 0 Å². The summed E-state index contributed by atoms with van der Waals surface area (Å²) in [6.45, 7) is 4.73. The Kier molecular flexibility index (Phi) is 4.70. The number of pyridine rings is 1. The number of hydrogen-bond acceptors (Lipinski definition) is 4. The van der Waals surface area contributed by atoms with Gasteiger partial charge in [-0.2, -0.15) is 0 Å². The maximum absolute atomic E-state index is 5.34. The molecule has 1 aromatic heterocycles. The lowest BCUT2D eigenvalue weighted by Gasteiger charge is -2.33. The summed E-state index contributed by atoms with van der Waals surface area (Å²) >= 11 is 5.34. The van der Waals surface area contributed by atoms with Crippen molar-refractivity contribution >= 4 is 26.5 Å². The molecule has 23 heavy (non-hydrogen) atoms. The molecule has 2 heterocycles. The van der Waals surface area contributed by atoms with Crippen molar-refractivity contribution in [3.63, 3.8) is 0 Å². The van der Waals surface area contributed by atoms with E-state index in [1.807, 2.05) is 6.20 Å². The first-order valence-corrected chi connectivity index (χ1v) is 11.5. The first-order valence-electron chi connectivity index (χ1n) is 8.99. The number of fused-ring (bicyclic) bond motifs is 2. The van der Waals surface area contributed by atoms with E-state index in [1.54, 1.807) is 0 Å². The van der Waals surface area contributed by atoms with Crippen molar-refractivity contribution in [1.29, 1.82) is 0 Å². The zero-order chi connectivity index (χ0) is 15.8. The van der Waals surface area contributed by atoms with Crippen LogP contribution in [-0.4, -0.2) is 48.4 Å². The maximum Gasteiger partial charge on any atom is 0.128 e. The average Bonchev–Trinajstić information content (AvgIpc) is 3.11. The van der Waals surface area contributed by atoms with Crippen LogP contribution < -0.4 is 4.90 Å². The predicted molar refractivity (Wildman–Crippen MR) is 101 cm³/mol. The molecular weight excluding hydrogens is 322 g/mol. The molecule has 1 saturated heterocycles. The van der Waals surface area contributed by atoms with Gasteiger partial charge in [0.15, 0.2) is 0 Å². The molecule has 3 nitrogen and oxygen atoms in total. The fraction of sp³-hybridized carbons (Fsp3) is 0.722. The van der Waals surface area contributed by atoms with Gasteiger partial charge < -0.3 is 4.90 Å². The molecule has 126 valence electrons. The van der Waals surface area contributed by atoms with Crippen LogP contribution in [0.1, 0.15) is 32.1 Å². The van der Waals surface area contributed by atoms with E-state index in [0.717, 1.165) is 36.8 Å². The van der Waals surface area contributed by atoms with Gasteiger partial charge in [0, 0.05) is 43.3 Å². The Morgan fingerprint density at radius 3 is 2.70 bits per heavy atom. The van der Waals surface area contributed by atoms with E-state index in [4.69, 9.17) is 11.2 Å². The molecule has 3 aliphatic rings. The Morgan fingerprint density at radius 1 is 1.13 bits per heavy atom. The highest BCUT2D eigenvalue weighted by Gasteiger charge is 2.42. The van der Waals surface area contributed by atoms with Crippen LogP contribution >= 0.6 is 0 Å². The number of hydrogen-bond donors (Lipinski definition) is 0. The van der Waals surface area contributed by atoms with Crippen molar-refractivity contribution in [3.05, 3.63) is 18.3 Å². The Balaban J connectivity index is 1.40. The first-order chi connectivity index (χ1) is 11.2. The zero-order valence-electron chi connectivity index (χ0n) is 14.0. The molecule has 5 heteroatoms. The van der Waals surface area contributed by atoms with Crippen molar-refractivity contribution in [3.8, 4) is 0 Å². The SMILES string of the molecule is CS(=S)c1ccc(N2CCCN(C3CC4CCC3C4)CC2)nc1. The van der Waals surface area contributed by atoms with Crippen LogP contribution in [0, 0.1) is 11.8 Å². The summed E-state index contributed by atoms with van der Waals surface area (Å²) in [5, 5.41) is 0. The second-order valence-electron chi connectivity index (χ2n) is 7.43. The minimum absolute atomic E-state index is 0.110. The lowest BCUT2D eigenvalue weighted by molar-refractivity contribution is 0.152. The second kappa shape index (κ2) is 6.77. The van der Waals surface area contributed by atoms with E-state index < -0.39 is 0 Å². The molecule has 4 rings (SSSR count). The number of anilines is 1. The summed E-state index contributed by atoms with van der Waals surface area (Å²) < 4.78 is 0. The minimum atomic E-state index is -0.110. The monoisotopic (exact) mass is 349 g/mol. The van der Waals surface area contributed by atoms with Crippen LogP contribution in [0.4, 0.5) is 5.82 Å². The van der Waals surface area contributed by atoms with Gasteiger partial charge in [0.05, 0.1) is 0 Å². The van der Waals surface area contributed by atoms with Crippen LogP contribution in [0.5, 0.6) is 0 Å². The van der Waals surface area contributed by atoms with Crippen LogP contribution in [-0.2, 0) is 20.6 Å². The normalized spacial score (nSPS) is 32.9. The largest absolute Gasteiger partial charge is 0.355 e. The molecule has 3 fully saturated rings. The molecule has 2 bridgehead atoms. The molecule has 4 unspecified atom stereocenters. The van der Waals surface area contributed by atoms with Gasteiger partial charge in [0.2, 0.25) is 0 Å². The Labute approximate surface area is 147 Å². The Morgan fingerprint density at radius 2 is 2.04 bits per heavy atom. The molecule has 2 aliphatic carbocycles. The third-order valence-electron chi connectivity index (χ3n) is 6.08. The summed E-state index contributed by atoms with van der Waals surface area (Å²) in [7, 11) is -0.110. The lowest BCUT2D eigenvalue weighted by atomic mass is 9.94. The smallest absolute Gasteiger partial charge is 0.128 e. The van der Waals surface area contributed by atoms with Gasteiger partial charge >= 0.3 is 0 Å². The van der Waals surface area contributed by atoms with Crippen LogP contribution in [0.2, 0.25) is 0 Å². The molecule has 0 aromatic carbocycles. The number of aromatic nitrogens is 1. The average molecular weight is 350 g/mol. The highest BCUT2D eigenvalue weighted by molar-refractivity contribution is 8.28. The molecule has 4 atom stereocenters. The van der Waals surface area contributed by atoms with Gasteiger partial charge in [-0.15, -0.1) is 0 Å². The van der Waals surface area contributed by atoms with Gasteiger partial charge in [-0.1, -0.05) is 15.9 Å². The third kappa shape index (κ3) is 3.33. The minimum Gasteiger partial charge on any atom is -0.355 e. The molecule has 1 aliphatic heterocycles. The predicted octanol–water partition coefficient (Wildman–Crippen LogP) is 2.85. The summed E-state index contributed by atoms with van der Waals surface area (Å²) in [5.74, 6) is 3.17. The Hall–Kier alpha value is -0.520. The van der Waals surface area contributed by atoms with Gasteiger partial charge in [-0.05, 0) is 67.1 Å². The molecule has 0 N–H and O–H groups in total. The first kappa shape index (κ1) is 16.0. The fourth-order valence-corrected chi connectivity index (χ4v) is 5.64. The van der Waals surface area contributed by atoms with Crippen LogP contribution in [0.15, 0.2) is 23.2 Å². The van der Waals surface area contributed by atoms with Gasteiger partial charge in [-0.25, -0.2) is 4.98 Å². The van der Waals surface area contributed by atoms with E-state index in [1.165, 1.54) is 50.1 Å². The molecule has 1 aromatic rings. The van der Waals surface area contributed by atoms with Crippen molar-refractivity contribution < 1.29 is 0 Å². The van der Waals surface area contributed by atoms with E-state index in [2.05, 4.69) is 33.2 Å². The van der Waals surface area contributed by atoms with Gasteiger partial charge in [-0.3, -0.25) is 4.90 Å². The molecule has 2 saturated carbocycles. The highest BCUT2D eigenvalue weighted by atomic mass is 32.8. The summed E-state index contributed by atoms with van der Waals surface area (Å²) in [5.41, 5.74) is 0. The zero-order valence-corrected chi connectivity index (χ0v) is 15.6. The van der Waals surface area contributed by atoms with Crippen LogP contribution in [0.3, 0.4) is 0 Å². The summed E-state index contributed by atoms with van der Waals surface area (Å²) in [6, 6.07) is 5.21. The topological polar surface area (TPSA) is 19.4 Å². The van der Waals surface area contributed by atoms with Crippen molar-refractivity contribution in [1.82, 2.24) is 9.88 Å². The highest BCUT2D eigenvalue weighted by Crippen LogP contribution is 2.46. The second-order valence-corrected chi connectivity index (χ2v) is 10.3. The molecular formula is C18H27N3S2. The van der Waals surface area contributed by atoms with E-state index in [-0.39, 0.29) is 9.45 Å². The Bertz CT molecular complexity index is 574. The standard InChI is InChI=1S/C18H27N3S2/c1-23(22)16-5-6-18(19-13-16)21-8-2-7-20(9-10-21)17-12-14-3-4-15(17)11-14/h5-6,13-15,17H,2-4,7-12H2,1H3. The fourth-order valence-electron chi connectivity index (χ4n) is 4.89. The van der Waals surface area contributed by atoms with E-state index in [0.29, 0.717) is 0 Å². The lowest BCUT2D eigenvalue weighted by Crippen LogP contribution is -2.41. The van der Waals surface area contributed by atoms with Crippen molar-refractivity contribution in [2.45, 2.75) is 43.0 Å². The third-order valence-corrected chi connectivity index (χ3v) is 7.56. The quantitative estimate of drug-likeness (QED) is 0.835. The molecule has 0 amide bonds. The van der Waals surface area contributed by atoms with E-state index in [9.17, 15) is 0 Å². The maximum atomic E-state index is 5.34. The van der Waals surface area contributed by atoms with E-state index >= 15 is 0 Å². The number of nitrogens with zero attached hydrogens (tertiary/aromatic N) is 3.